The molecule has 1 aromatic heterocycles. The van der Waals surface area contributed by atoms with Crippen LogP contribution in [0, 0.1) is 0 Å². The van der Waals surface area contributed by atoms with Gasteiger partial charge in [-0.3, -0.25) is 4.98 Å². The summed E-state index contributed by atoms with van der Waals surface area (Å²) in [6, 6.07) is 5.90. The second-order valence-corrected chi connectivity index (χ2v) is 2.07. The van der Waals surface area contributed by atoms with Crippen LogP contribution in [-0.2, 0) is 0 Å². The fourth-order valence-electron chi connectivity index (χ4n) is 0.713. The van der Waals surface area contributed by atoms with Gasteiger partial charge in [0.25, 0.3) is 0 Å². The Morgan fingerprint density at radius 3 is 2.58 bits per heavy atom. The summed E-state index contributed by atoms with van der Waals surface area (Å²) in [5, 5.41) is 0. The van der Waals surface area contributed by atoms with Gasteiger partial charge in [-0.2, -0.15) is 0 Å². The Kier molecular flexibility index (Phi) is 7.25. The van der Waals surface area contributed by atoms with Crippen molar-refractivity contribution in [1.82, 2.24) is 4.98 Å². The van der Waals surface area contributed by atoms with E-state index in [-0.39, 0.29) is 0 Å². The highest BCUT2D eigenvalue weighted by atomic mass is 14.6. The van der Waals surface area contributed by atoms with Gasteiger partial charge in [0.05, 0.1) is 5.69 Å². The average Bonchev–Trinajstić information content (AvgIpc) is 2.19. The summed E-state index contributed by atoms with van der Waals surface area (Å²) in [5.41, 5.74) is 1.03. The summed E-state index contributed by atoms with van der Waals surface area (Å²) >= 11 is 0. The smallest absolute Gasteiger partial charge is 0.0626 e. The van der Waals surface area contributed by atoms with Crippen LogP contribution in [0.4, 0.5) is 0 Å². The first-order valence-corrected chi connectivity index (χ1v) is 4.51. The Labute approximate surface area is 75.2 Å². The molecule has 0 amide bonds. The van der Waals surface area contributed by atoms with Gasteiger partial charge >= 0.3 is 0 Å². The van der Waals surface area contributed by atoms with E-state index in [1.165, 1.54) is 0 Å². The van der Waals surface area contributed by atoms with E-state index in [0.717, 1.165) is 12.1 Å². The number of nitrogens with zero attached hydrogens (tertiary/aromatic N) is 1. The van der Waals surface area contributed by atoms with Crippen molar-refractivity contribution in [2.75, 3.05) is 0 Å². The molecule has 0 radical (unpaired) electrons. The van der Waals surface area contributed by atoms with E-state index in [1.807, 2.05) is 38.1 Å². The molecule has 0 aliphatic heterocycles. The molecule has 0 aliphatic carbocycles. The van der Waals surface area contributed by atoms with E-state index in [2.05, 4.69) is 18.0 Å². The van der Waals surface area contributed by atoms with Gasteiger partial charge in [-0.15, -0.1) is 0 Å². The summed E-state index contributed by atoms with van der Waals surface area (Å²) in [6.07, 6.45) is 6.99. The molecule has 1 aromatic rings. The first-order chi connectivity index (χ1) is 5.93. The molecule has 0 atom stereocenters. The molecule has 66 valence electrons. The number of rotatable bonds is 2. The fraction of sp³-hybridized carbons (Fsp3) is 0.364. The molecule has 1 heteroatoms. The van der Waals surface area contributed by atoms with Crippen LogP contribution >= 0.6 is 0 Å². The van der Waals surface area contributed by atoms with E-state index in [0.29, 0.717) is 0 Å². The van der Waals surface area contributed by atoms with Crippen molar-refractivity contribution < 1.29 is 0 Å². The van der Waals surface area contributed by atoms with Crippen molar-refractivity contribution in [3.05, 3.63) is 36.2 Å². The molecule has 12 heavy (non-hydrogen) atoms. The predicted octanol–water partition coefficient (Wildman–Crippen LogP) is 3.53. The Morgan fingerprint density at radius 1 is 1.33 bits per heavy atom. The minimum atomic E-state index is 1.03. The molecule has 1 heterocycles. The zero-order valence-corrected chi connectivity index (χ0v) is 8.12. The highest BCUT2D eigenvalue weighted by Crippen LogP contribution is 1.96. The van der Waals surface area contributed by atoms with Crippen LogP contribution in [0.2, 0.25) is 0 Å². The molecule has 0 N–H and O–H groups in total. The van der Waals surface area contributed by atoms with Crippen molar-refractivity contribution in [2.24, 2.45) is 0 Å². The number of hydrogen-bond acceptors (Lipinski definition) is 1. The van der Waals surface area contributed by atoms with Crippen LogP contribution < -0.4 is 0 Å². The molecule has 1 rings (SSSR count). The normalized spacial score (nSPS) is 9.25. The third-order valence-electron chi connectivity index (χ3n) is 1.21. The lowest BCUT2D eigenvalue weighted by molar-refractivity contribution is 1.22. The van der Waals surface area contributed by atoms with Gasteiger partial charge in [0.15, 0.2) is 0 Å². The van der Waals surface area contributed by atoms with Gasteiger partial charge in [0, 0.05) is 6.20 Å². The van der Waals surface area contributed by atoms with Gasteiger partial charge in [-0.25, -0.2) is 0 Å². The quantitative estimate of drug-likeness (QED) is 0.650. The Morgan fingerprint density at radius 2 is 2.08 bits per heavy atom. The summed E-state index contributed by atoms with van der Waals surface area (Å²) in [6.45, 7) is 6.11. The highest BCUT2D eigenvalue weighted by Gasteiger charge is 1.80. The topological polar surface area (TPSA) is 12.9 Å². The van der Waals surface area contributed by atoms with Gasteiger partial charge in [0.1, 0.15) is 0 Å². The highest BCUT2D eigenvalue weighted by molar-refractivity contribution is 5.43. The van der Waals surface area contributed by atoms with Crippen molar-refractivity contribution in [3.8, 4) is 0 Å². The minimum Gasteiger partial charge on any atom is -0.257 e. The first-order valence-electron chi connectivity index (χ1n) is 4.51. The molecule has 0 aliphatic rings. The van der Waals surface area contributed by atoms with Crippen molar-refractivity contribution in [3.63, 3.8) is 0 Å². The second-order valence-electron chi connectivity index (χ2n) is 2.07. The lowest BCUT2D eigenvalue weighted by atomic mass is 10.3. The Hall–Kier alpha value is -1.11. The summed E-state index contributed by atoms with van der Waals surface area (Å²) in [4.78, 5) is 4.13. The van der Waals surface area contributed by atoms with Crippen LogP contribution in [0.25, 0.3) is 6.08 Å². The molecule has 1 nitrogen and oxygen atoms in total. The summed E-state index contributed by atoms with van der Waals surface area (Å²) in [7, 11) is 0. The maximum atomic E-state index is 4.13. The molecule has 0 saturated carbocycles. The number of allylic oxidation sites excluding steroid dienone is 1. The first kappa shape index (κ1) is 10.9. The third-order valence-corrected chi connectivity index (χ3v) is 1.21. The van der Waals surface area contributed by atoms with Crippen LogP contribution in [0.15, 0.2) is 30.5 Å². The zero-order valence-electron chi connectivity index (χ0n) is 8.12. The van der Waals surface area contributed by atoms with E-state index in [4.69, 9.17) is 0 Å². The van der Waals surface area contributed by atoms with Gasteiger partial charge in [0.2, 0.25) is 0 Å². The SMILES string of the molecule is CC.CC/C=C/c1ccccn1. The van der Waals surface area contributed by atoms with Crippen molar-refractivity contribution >= 4 is 6.08 Å². The predicted molar refractivity (Wildman–Crippen MR) is 54.9 cm³/mol. The number of hydrogen-bond donors (Lipinski definition) is 0. The molecule has 0 unspecified atom stereocenters. The lowest BCUT2D eigenvalue weighted by Crippen LogP contribution is -1.75. The number of pyridine rings is 1. The van der Waals surface area contributed by atoms with E-state index >= 15 is 0 Å². The molecular weight excluding hydrogens is 146 g/mol. The van der Waals surface area contributed by atoms with Crippen LogP contribution in [0.3, 0.4) is 0 Å². The molecule has 0 spiro atoms. The van der Waals surface area contributed by atoms with Gasteiger partial charge in [-0.1, -0.05) is 32.9 Å². The lowest BCUT2D eigenvalue weighted by Gasteiger charge is -1.87. The monoisotopic (exact) mass is 163 g/mol. The molecule has 0 fully saturated rings. The fourth-order valence-corrected chi connectivity index (χ4v) is 0.713. The largest absolute Gasteiger partial charge is 0.257 e. The second kappa shape index (κ2) is 7.99. The maximum absolute atomic E-state index is 4.13. The standard InChI is InChI=1S/C9H11N.C2H6/c1-2-3-6-9-7-4-5-8-10-9;1-2/h3-8H,2H2,1H3;1-2H3/b6-3+;. The Bertz CT molecular complexity index is 202. The van der Waals surface area contributed by atoms with Crippen molar-refractivity contribution in [1.29, 1.82) is 0 Å². The van der Waals surface area contributed by atoms with Crippen LogP contribution in [0.1, 0.15) is 32.9 Å². The van der Waals surface area contributed by atoms with Crippen LogP contribution in [-0.4, -0.2) is 4.98 Å². The molecule has 0 bridgehead atoms. The molecule has 0 saturated heterocycles. The van der Waals surface area contributed by atoms with E-state index < -0.39 is 0 Å². The minimum absolute atomic E-state index is 1.03. The zero-order chi connectivity index (χ0) is 9.23. The van der Waals surface area contributed by atoms with Crippen LogP contribution in [0.5, 0.6) is 0 Å². The third kappa shape index (κ3) is 4.67. The van der Waals surface area contributed by atoms with E-state index in [9.17, 15) is 0 Å². The molecule has 0 aromatic carbocycles. The van der Waals surface area contributed by atoms with E-state index in [1.54, 1.807) is 6.20 Å². The maximum Gasteiger partial charge on any atom is 0.0626 e. The number of aromatic nitrogens is 1. The van der Waals surface area contributed by atoms with Gasteiger partial charge in [-0.05, 0) is 24.6 Å². The molecular formula is C11H17N. The summed E-state index contributed by atoms with van der Waals surface area (Å²) < 4.78 is 0. The van der Waals surface area contributed by atoms with Gasteiger partial charge < -0.3 is 0 Å². The van der Waals surface area contributed by atoms with Crippen molar-refractivity contribution in [2.45, 2.75) is 27.2 Å². The summed E-state index contributed by atoms with van der Waals surface area (Å²) in [5.74, 6) is 0. The Balaban J connectivity index is 0.000000561. The average molecular weight is 163 g/mol.